The van der Waals surface area contributed by atoms with Gasteiger partial charge in [-0.25, -0.2) is 14.0 Å². The first-order valence-corrected chi connectivity index (χ1v) is 10.3. The zero-order valence-corrected chi connectivity index (χ0v) is 16.4. The summed E-state index contributed by atoms with van der Waals surface area (Å²) in [6, 6.07) is 0. The Morgan fingerprint density at radius 3 is 2.96 bits per heavy atom. The summed E-state index contributed by atoms with van der Waals surface area (Å²) in [5.74, 6) is 0. The summed E-state index contributed by atoms with van der Waals surface area (Å²) in [4.78, 5) is 27.5. The molecule has 2 saturated heterocycles. The molecule has 1 aromatic heterocycles. The highest BCUT2D eigenvalue weighted by Crippen LogP contribution is 2.54. The highest BCUT2D eigenvalue weighted by atomic mass is 79.9. The van der Waals surface area contributed by atoms with Crippen molar-refractivity contribution in [2.75, 3.05) is 26.8 Å². The van der Waals surface area contributed by atoms with Crippen molar-refractivity contribution in [3.8, 4) is 0 Å². The third-order valence-electron chi connectivity index (χ3n) is 4.24. The molecule has 1 aromatic rings. The lowest BCUT2D eigenvalue weighted by atomic mass is 10.2. The molecular formula is C14H19BrN3O7P. The number of H-pyrrole nitrogens is 1. The van der Waals surface area contributed by atoms with Crippen molar-refractivity contribution < 1.29 is 23.5 Å². The third kappa shape index (κ3) is 3.94. The summed E-state index contributed by atoms with van der Waals surface area (Å²) in [7, 11) is -1.73. The number of rotatable bonds is 5. The molecule has 0 radical (unpaired) electrons. The fourth-order valence-corrected chi connectivity index (χ4v) is 4.48. The summed E-state index contributed by atoms with van der Waals surface area (Å²) >= 11 is 3.08. The summed E-state index contributed by atoms with van der Waals surface area (Å²) in [6.45, 7) is 0.650. The highest BCUT2D eigenvalue weighted by Gasteiger charge is 2.41. The van der Waals surface area contributed by atoms with Gasteiger partial charge in [-0.15, -0.1) is 0 Å². The number of hydrogen-bond acceptors (Lipinski definition) is 7. The number of hydrogen-bond donors (Lipinski definition) is 2. The first-order valence-electron chi connectivity index (χ1n) is 7.90. The Bertz CT molecular complexity index is 854. The van der Waals surface area contributed by atoms with Crippen molar-refractivity contribution in [2.45, 2.75) is 24.9 Å². The van der Waals surface area contributed by atoms with Gasteiger partial charge >= 0.3 is 13.4 Å². The van der Waals surface area contributed by atoms with Crippen molar-refractivity contribution in [2.24, 2.45) is 0 Å². The maximum absolute atomic E-state index is 12.4. The average Bonchev–Trinajstić information content (AvgIpc) is 3.11. The van der Waals surface area contributed by atoms with Gasteiger partial charge in [0.1, 0.15) is 12.3 Å². The summed E-state index contributed by atoms with van der Waals surface area (Å²) < 4.78 is 31.3. The maximum atomic E-state index is 12.4. The number of aromatic amines is 1. The quantitative estimate of drug-likeness (QED) is 0.625. The Morgan fingerprint density at radius 2 is 2.31 bits per heavy atom. The van der Waals surface area contributed by atoms with Crippen LogP contribution in [0, 0.1) is 0 Å². The minimum Gasteiger partial charge on any atom is -0.390 e. The van der Waals surface area contributed by atoms with Gasteiger partial charge in [0, 0.05) is 19.2 Å². The van der Waals surface area contributed by atoms with Crippen LogP contribution in [0.1, 0.15) is 18.2 Å². The van der Waals surface area contributed by atoms with Crippen LogP contribution in [0.2, 0.25) is 0 Å². The van der Waals surface area contributed by atoms with E-state index >= 15 is 0 Å². The van der Waals surface area contributed by atoms with Crippen LogP contribution in [-0.4, -0.2) is 58.3 Å². The molecule has 3 heterocycles. The molecule has 2 aliphatic rings. The lowest BCUT2D eigenvalue weighted by Crippen LogP contribution is -2.33. The van der Waals surface area contributed by atoms with E-state index in [4.69, 9.17) is 13.8 Å². The van der Waals surface area contributed by atoms with Gasteiger partial charge in [-0.05, 0) is 18.1 Å². The Labute approximate surface area is 157 Å². The van der Waals surface area contributed by atoms with E-state index in [-0.39, 0.29) is 18.6 Å². The van der Waals surface area contributed by atoms with Gasteiger partial charge in [0.05, 0.1) is 24.9 Å². The molecule has 10 nitrogen and oxygen atoms in total. The monoisotopic (exact) mass is 451 g/mol. The van der Waals surface area contributed by atoms with Gasteiger partial charge < -0.3 is 9.84 Å². The summed E-state index contributed by atoms with van der Waals surface area (Å²) in [5, 5.41) is 10.2. The molecule has 0 amide bonds. The molecular weight excluding hydrogens is 433 g/mol. The fraction of sp³-hybridized carbons (Fsp3) is 0.571. The second-order valence-corrected chi connectivity index (χ2v) is 8.62. The van der Waals surface area contributed by atoms with Crippen molar-refractivity contribution in [3.63, 3.8) is 0 Å². The van der Waals surface area contributed by atoms with Crippen LogP contribution in [0.5, 0.6) is 0 Å². The van der Waals surface area contributed by atoms with E-state index < -0.39 is 37.4 Å². The first-order chi connectivity index (χ1) is 12.3. The van der Waals surface area contributed by atoms with Crippen molar-refractivity contribution in [1.29, 1.82) is 0 Å². The largest absolute Gasteiger partial charge is 0.408 e. The fourth-order valence-electron chi connectivity index (χ4n) is 2.75. The molecule has 0 aliphatic carbocycles. The SMILES string of the molecule is CN1CCOP1(=O)OCC1OC(n2cc(/C=C/Br)c(=O)[nH]c2=O)CC1O. The predicted octanol–water partition coefficient (Wildman–Crippen LogP) is 0.637. The zero-order valence-electron chi connectivity index (χ0n) is 13.9. The molecule has 0 aromatic carbocycles. The second-order valence-electron chi connectivity index (χ2n) is 5.95. The summed E-state index contributed by atoms with van der Waals surface area (Å²) in [5.41, 5.74) is -0.920. The van der Waals surface area contributed by atoms with Crippen molar-refractivity contribution in [1.82, 2.24) is 14.2 Å². The smallest absolute Gasteiger partial charge is 0.390 e. The van der Waals surface area contributed by atoms with Crippen LogP contribution in [0.3, 0.4) is 0 Å². The van der Waals surface area contributed by atoms with E-state index in [1.165, 1.54) is 26.5 Å². The number of nitrogens with one attached hydrogen (secondary N) is 1. The molecule has 2 fully saturated rings. The van der Waals surface area contributed by atoms with E-state index in [0.717, 1.165) is 0 Å². The first kappa shape index (κ1) is 19.7. The Balaban J connectivity index is 1.73. The molecule has 144 valence electrons. The van der Waals surface area contributed by atoms with Gasteiger partial charge in [0.15, 0.2) is 0 Å². The number of aromatic nitrogens is 2. The molecule has 12 heteroatoms. The Hall–Kier alpha value is -1.07. The second kappa shape index (κ2) is 7.89. The number of likely N-dealkylation sites (N-methyl/N-ethyl adjacent to an activating group) is 1. The van der Waals surface area contributed by atoms with Gasteiger partial charge in [-0.2, -0.15) is 0 Å². The Morgan fingerprint density at radius 1 is 1.54 bits per heavy atom. The van der Waals surface area contributed by atoms with Gasteiger partial charge in [0.25, 0.3) is 5.56 Å². The number of nitrogens with zero attached hydrogens (tertiary/aromatic N) is 2. The maximum Gasteiger partial charge on any atom is 0.408 e. The van der Waals surface area contributed by atoms with Gasteiger partial charge in [-0.1, -0.05) is 15.9 Å². The number of halogens is 1. The van der Waals surface area contributed by atoms with E-state index in [9.17, 15) is 19.3 Å². The van der Waals surface area contributed by atoms with Crippen molar-refractivity contribution >= 4 is 29.8 Å². The highest BCUT2D eigenvalue weighted by molar-refractivity contribution is 9.11. The minimum absolute atomic E-state index is 0.123. The molecule has 26 heavy (non-hydrogen) atoms. The van der Waals surface area contributed by atoms with E-state index in [1.54, 1.807) is 7.05 Å². The average molecular weight is 452 g/mol. The minimum atomic E-state index is -3.35. The molecule has 2 aliphatic heterocycles. The third-order valence-corrected chi connectivity index (χ3v) is 6.53. The van der Waals surface area contributed by atoms with Crippen LogP contribution in [0.15, 0.2) is 20.8 Å². The van der Waals surface area contributed by atoms with Crippen LogP contribution >= 0.6 is 23.7 Å². The van der Waals surface area contributed by atoms with Crippen molar-refractivity contribution in [3.05, 3.63) is 37.6 Å². The lowest BCUT2D eigenvalue weighted by Gasteiger charge is -2.21. The molecule has 4 unspecified atom stereocenters. The molecule has 4 atom stereocenters. The summed E-state index contributed by atoms with van der Waals surface area (Å²) in [6.07, 6.45) is 0.479. The predicted molar refractivity (Wildman–Crippen MR) is 96.0 cm³/mol. The zero-order chi connectivity index (χ0) is 18.9. The topological polar surface area (TPSA) is 123 Å². The molecule has 0 spiro atoms. The standard InChI is InChI=1S/C14H19BrN3O7P/c1-17-4-5-23-26(17,22)24-8-11-10(19)6-12(25-11)18-7-9(2-3-15)13(20)16-14(18)21/h2-3,7,10-12,19H,4-6,8H2,1H3,(H,16,20,21)/b3-2+. The van der Waals surface area contributed by atoms with Crippen LogP contribution < -0.4 is 11.2 Å². The van der Waals surface area contributed by atoms with E-state index in [1.807, 2.05) is 0 Å². The Kier molecular flexibility index (Phi) is 5.97. The number of aliphatic hydroxyl groups excluding tert-OH is 1. The molecule has 0 bridgehead atoms. The van der Waals surface area contributed by atoms with Crippen LogP contribution in [-0.2, 0) is 18.3 Å². The molecule has 0 saturated carbocycles. The molecule has 2 N–H and O–H groups in total. The van der Waals surface area contributed by atoms with Crippen LogP contribution in [0.4, 0.5) is 0 Å². The molecule has 3 rings (SSSR count). The number of ether oxygens (including phenoxy) is 1. The lowest BCUT2D eigenvalue weighted by molar-refractivity contribution is -0.0437. The van der Waals surface area contributed by atoms with Crippen LogP contribution in [0.25, 0.3) is 6.08 Å². The number of aliphatic hydroxyl groups is 1. The van der Waals surface area contributed by atoms with Gasteiger partial charge in [-0.3, -0.25) is 23.4 Å². The van der Waals surface area contributed by atoms with Gasteiger partial charge in [0.2, 0.25) is 0 Å². The normalized spacial score (nSPS) is 32.7. The van der Waals surface area contributed by atoms with E-state index in [2.05, 4.69) is 20.9 Å². The van der Waals surface area contributed by atoms with E-state index in [0.29, 0.717) is 13.2 Å².